The molecule has 1 aliphatic heterocycles. The van der Waals surface area contributed by atoms with Crippen molar-refractivity contribution in [2.45, 2.75) is 17.4 Å². The van der Waals surface area contributed by atoms with Crippen LogP contribution in [0.1, 0.15) is 18.1 Å². The summed E-state index contributed by atoms with van der Waals surface area (Å²) >= 11 is 0. The van der Waals surface area contributed by atoms with E-state index >= 15 is 0 Å². The fourth-order valence-electron chi connectivity index (χ4n) is 3.08. The van der Waals surface area contributed by atoms with Gasteiger partial charge in [-0.25, -0.2) is 17.6 Å². The second-order valence-corrected chi connectivity index (χ2v) is 7.73. The normalized spacial score (nSPS) is 17.7. The lowest BCUT2D eigenvalue weighted by Gasteiger charge is -2.33. The Labute approximate surface area is 141 Å². The third-order valence-electron chi connectivity index (χ3n) is 4.30. The molecule has 0 saturated heterocycles. The Balaban J connectivity index is 1.85. The van der Waals surface area contributed by atoms with Crippen LogP contribution in [0.15, 0.2) is 46.1 Å². The third-order valence-corrected chi connectivity index (χ3v) is 6.11. The van der Waals surface area contributed by atoms with Crippen molar-refractivity contribution >= 4 is 26.7 Å². The van der Waals surface area contributed by atoms with Crippen LogP contribution in [-0.4, -0.2) is 30.0 Å². The van der Waals surface area contributed by atoms with Crippen LogP contribution in [0.4, 0.5) is 10.1 Å². The number of imidazole rings is 1. The molecule has 1 atom stereocenters. The fourth-order valence-corrected chi connectivity index (χ4v) is 4.62. The van der Waals surface area contributed by atoms with Crippen LogP contribution in [0.5, 0.6) is 0 Å². The molecular formula is C16H14FN3O4S. The van der Waals surface area contributed by atoms with Gasteiger partial charge in [-0.05, 0) is 42.8 Å². The Kier molecular flexibility index (Phi) is 3.44. The van der Waals surface area contributed by atoms with Crippen molar-refractivity contribution in [3.8, 4) is 0 Å². The van der Waals surface area contributed by atoms with Crippen molar-refractivity contribution in [2.24, 2.45) is 0 Å². The summed E-state index contributed by atoms with van der Waals surface area (Å²) in [6, 6.07) is 7.93. The van der Waals surface area contributed by atoms with Crippen LogP contribution in [0.25, 0.3) is 11.0 Å². The lowest BCUT2D eigenvalue weighted by Crippen LogP contribution is -2.36. The average Bonchev–Trinajstić information content (AvgIpc) is 2.94. The first-order chi connectivity index (χ1) is 11.9. The minimum absolute atomic E-state index is 0.00177. The molecule has 0 spiro atoms. The van der Waals surface area contributed by atoms with Gasteiger partial charge in [0, 0.05) is 12.1 Å². The Morgan fingerprint density at radius 3 is 2.68 bits per heavy atom. The van der Waals surface area contributed by atoms with Gasteiger partial charge >= 0.3 is 5.69 Å². The minimum Gasteiger partial charge on any atom is -0.388 e. The molecule has 0 aliphatic carbocycles. The van der Waals surface area contributed by atoms with E-state index < -0.39 is 27.6 Å². The first-order valence-electron chi connectivity index (χ1n) is 7.58. The number of halogens is 1. The highest BCUT2D eigenvalue weighted by Gasteiger charge is 2.33. The molecule has 7 nitrogen and oxygen atoms in total. The van der Waals surface area contributed by atoms with Crippen LogP contribution in [-0.2, 0) is 10.0 Å². The van der Waals surface area contributed by atoms with Gasteiger partial charge in [-0.15, -0.1) is 0 Å². The molecule has 9 heteroatoms. The van der Waals surface area contributed by atoms with E-state index in [9.17, 15) is 22.7 Å². The molecule has 1 unspecified atom stereocenters. The van der Waals surface area contributed by atoms with E-state index in [0.717, 1.165) is 16.4 Å². The number of nitrogens with zero attached hydrogens (tertiary/aromatic N) is 1. The summed E-state index contributed by atoms with van der Waals surface area (Å²) in [5.74, 6) is -0.539. The molecule has 25 heavy (non-hydrogen) atoms. The number of hydrogen-bond acceptors (Lipinski definition) is 4. The molecule has 1 aromatic heterocycles. The van der Waals surface area contributed by atoms with Gasteiger partial charge in [0.2, 0.25) is 0 Å². The third kappa shape index (κ3) is 2.52. The number of aliphatic hydroxyl groups is 1. The van der Waals surface area contributed by atoms with Crippen LogP contribution >= 0.6 is 0 Å². The van der Waals surface area contributed by atoms with E-state index in [2.05, 4.69) is 9.97 Å². The number of aromatic nitrogens is 2. The molecule has 130 valence electrons. The monoisotopic (exact) mass is 363 g/mol. The van der Waals surface area contributed by atoms with E-state index in [1.807, 2.05) is 0 Å². The topological polar surface area (TPSA) is 106 Å². The van der Waals surface area contributed by atoms with Gasteiger partial charge in [0.05, 0.1) is 27.7 Å². The minimum atomic E-state index is -3.93. The highest BCUT2D eigenvalue weighted by molar-refractivity contribution is 7.92. The zero-order valence-corrected chi connectivity index (χ0v) is 13.7. The number of nitrogens with one attached hydrogen (secondary N) is 2. The average molecular weight is 363 g/mol. The number of sulfonamides is 1. The summed E-state index contributed by atoms with van der Waals surface area (Å²) in [6.45, 7) is 0.0732. The molecule has 2 heterocycles. The fraction of sp³-hybridized carbons (Fsp3) is 0.188. The molecule has 0 bridgehead atoms. The van der Waals surface area contributed by atoms with Crippen molar-refractivity contribution < 1.29 is 17.9 Å². The maximum absolute atomic E-state index is 13.5. The Hall–Kier alpha value is -2.65. The number of anilines is 1. The highest BCUT2D eigenvalue weighted by Crippen LogP contribution is 2.37. The SMILES string of the molecule is O=c1[nH]c2ccc(S(=O)(=O)N3CCC(O)c4cc(F)ccc43)cc2[nH]1. The summed E-state index contributed by atoms with van der Waals surface area (Å²) in [6.07, 6.45) is -0.750. The highest BCUT2D eigenvalue weighted by atomic mass is 32.2. The van der Waals surface area contributed by atoms with Gasteiger partial charge in [-0.1, -0.05) is 0 Å². The first-order valence-corrected chi connectivity index (χ1v) is 9.02. The number of aromatic amines is 2. The number of hydrogen-bond donors (Lipinski definition) is 3. The van der Waals surface area contributed by atoms with Crippen LogP contribution in [0.2, 0.25) is 0 Å². The van der Waals surface area contributed by atoms with Crippen molar-refractivity contribution in [1.29, 1.82) is 0 Å². The summed E-state index contributed by atoms with van der Waals surface area (Å²) in [4.78, 5) is 16.4. The lowest BCUT2D eigenvalue weighted by molar-refractivity contribution is 0.166. The van der Waals surface area contributed by atoms with Crippen molar-refractivity contribution in [2.75, 3.05) is 10.8 Å². The van der Waals surface area contributed by atoms with Crippen molar-refractivity contribution in [3.63, 3.8) is 0 Å². The number of benzene rings is 2. The maximum atomic E-state index is 13.5. The van der Waals surface area contributed by atoms with Crippen molar-refractivity contribution in [1.82, 2.24) is 9.97 Å². The Bertz CT molecular complexity index is 1140. The molecule has 3 aromatic rings. The zero-order valence-electron chi connectivity index (χ0n) is 12.9. The maximum Gasteiger partial charge on any atom is 0.323 e. The van der Waals surface area contributed by atoms with E-state index in [1.54, 1.807) is 0 Å². The number of fused-ring (bicyclic) bond motifs is 2. The number of aliphatic hydroxyl groups excluding tert-OH is 1. The molecule has 0 fully saturated rings. The van der Waals surface area contributed by atoms with E-state index in [-0.39, 0.29) is 29.1 Å². The van der Waals surface area contributed by atoms with Crippen LogP contribution < -0.4 is 9.99 Å². The number of rotatable bonds is 2. The van der Waals surface area contributed by atoms with E-state index in [1.165, 1.54) is 24.3 Å². The van der Waals surface area contributed by atoms with Gasteiger partial charge in [-0.2, -0.15) is 0 Å². The second kappa shape index (κ2) is 5.43. The van der Waals surface area contributed by atoms with E-state index in [4.69, 9.17) is 0 Å². The standard InChI is InChI=1S/C16H14FN3O4S/c17-9-1-4-14-11(7-9)15(21)5-6-20(14)25(23,24)10-2-3-12-13(8-10)19-16(22)18-12/h1-4,7-8,15,21H,5-6H2,(H2,18,19,22). The van der Waals surface area contributed by atoms with Crippen LogP contribution in [0.3, 0.4) is 0 Å². The molecule has 0 radical (unpaired) electrons. The molecule has 0 amide bonds. The Morgan fingerprint density at radius 2 is 1.88 bits per heavy atom. The lowest BCUT2D eigenvalue weighted by atomic mass is 10.0. The van der Waals surface area contributed by atoms with Gasteiger partial charge in [0.1, 0.15) is 5.82 Å². The van der Waals surface area contributed by atoms with Gasteiger partial charge in [0.25, 0.3) is 10.0 Å². The number of H-pyrrole nitrogens is 2. The molecule has 0 saturated carbocycles. The van der Waals surface area contributed by atoms with Crippen molar-refractivity contribution in [3.05, 3.63) is 58.3 Å². The molecular weight excluding hydrogens is 349 g/mol. The second-order valence-electron chi connectivity index (χ2n) is 5.87. The Morgan fingerprint density at radius 1 is 1.12 bits per heavy atom. The molecule has 2 aromatic carbocycles. The molecule has 4 rings (SSSR count). The predicted octanol–water partition coefficient (Wildman–Crippen LogP) is 1.63. The van der Waals surface area contributed by atoms with Gasteiger partial charge in [0.15, 0.2) is 0 Å². The predicted molar refractivity (Wildman–Crippen MR) is 89.4 cm³/mol. The summed E-state index contributed by atoms with van der Waals surface area (Å²) in [5, 5.41) is 10.1. The quantitative estimate of drug-likeness (QED) is 0.643. The molecule has 3 N–H and O–H groups in total. The summed E-state index contributed by atoms with van der Waals surface area (Å²) in [7, 11) is -3.93. The first kappa shape index (κ1) is 15.9. The summed E-state index contributed by atoms with van der Waals surface area (Å²) < 4.78 is 40.7. The largest absolute Gasteiger partial charge is 0.388 e. The van der Waals surface area contributed by atoms with E-state index in [0.29, 0.717) is 11.0 Å². The van der Waals surface area contributed by atoms with Gasteiger partial charge < -0.3 is 15.1 Å². The van der Waals surface area contributed by atoms with Gasteiger partial charge in [-0.3, -0.25) is 4.31 Å². The zero-order chi connectivity index (χ0) is 17.8. The smallest absolute Gasteiger partial charge is 0.323 e. The van der Waals surface area contributed by atoms with Crippen LogP contribution in [0, 0.1) is 5.82 Å². The summed E-state index contributed by atoms with van der Waals surface area (Å²) in [5.41, 5.74) is 0.947. The molecule has 1 aliphatic rings.